The standard InChI is InChI=1S/C17H18ClN5O/c1-12-8-16(21-22(12)10-14-6-4-3-5-7-14)20-17(24)11-23-13(2)15(18)9-19-23/h3-9H,10-11H2,1-2H3,(H,20,21,24). The summed E-state index contributed by atoms with van der Waals surface area (Å²) in [5.74, 6) is 0.339. The van der Waals surface area contributed by atoms with Gasteiger partial charge < -0.3 is 5.32 Å². The number of nitrogens with one attached hydrogen (secondary N) is 1. The van der Waals surface area contributed by atoms with Crippen molar-refractivity contribution in [3.63, 3.8) is 0 Å². The molecule has 0 saturated carbocycles. The molecule has 0 radical (unpaired) electrons. The Bertz CT molecular complexity index is 853. The van der Waals surface area contributed by atoms with E-state index in [0.29, 0.717) is 17.4 Å². The van der Waals surface area contributed by atoms with Crippen LogP contribution in [0.15, 0.2) is 42.6 Å². The molecule has 1 amide bonds. The molecule has 0 unspecified atom stereocenters. The van der Waals surface area contributed by atoms with E-state index in [0.717, 1.165) is 17.0 Å². The number of hydrogen-bond donors (Lipinski definition) is 1. The number of aryl methyl sites for hydroxylation is 1. The van der Waals surface area contributed by atoms with E-state index < -0.39 is 0 Å². The second kappa shape index (κ2) is 6.88. The van der Waals surface area contributed by atoms with Crippen molar-refractivity contribution in [3.8, 4) is 0 Å². The third-order valence-electron chi connectivity index (χ3n) is 3.76. The van der Waals surface area contributed by atoms with E-state index in [2.05, 4.69) is 15.5 Å². The minimum atomic E-state index is -0.192. The molecule has 0 saturated heterocycles. The van der Waals surface area contributed by atoms with Crippen molar-refractivity contribution in [2.45, 2.75) is 26.9 Å². The van der Waals surface area contributed by atoms with Crippen LogP contribution in [0, 0.1) is 13.8 Å². The van der Waals surface area contributed by atoms with E-state index in [4.69, 9.17) is 11.6 Å². The van der Waals surface area contributed by atoms with Crippen LogP contribution in [0.3, 0.4) is 0 Å². The van der Waals surface area contributed by atoms with Crippen molar-refractivity contribution in [3.05, 3.63) is 64.6 Å². The Morgan fingerprint density at radius 3 is 2.62 bits per heavy atom. The van der Waals surface area contributed by atoms with Crippen LogP contribution in [0.4, 0.5) is 5.82 Å². The fourth-order valence-corrected chi connectivity index (χ4v) is 2.53. The molecule has 0 aliphatic rings. The van der Waals surface area contributed by atoms with Gasteiger partial charge in [0.2, 0.25) is 5.91 Å². The number of halogens is 1. The van der Waals surface area contributed by atoms with E-state index in [9.17, 15) is 4.79 Å². The Balaban J connectivity index is 1.66. The molecule has 2 aromatic heterocycles. The lowest BCUT2D eigenvalue weighted by atomic mass is 10.2. The smallest absolute Gasteiger partial charge is 0.247 e. The highest BCUT2D eigenvalue weighted by molar-refractivity contribution is 6.31. The van der Waals surface area contributed by atoms with Gasteiger partial charge in [0.1, 0.15) is 6.54 Å². The number of carbonyl (C=O) groups is 1. The van der Waals surface area contributed by atoms with E-state index in [1.807, 2.05) is 54.9 Å². The quantitative estimate of drug-likeness (QED) is 0.774. The molecule has 7 heteroatoms. The summed E-state index contributed by atoms with van der Waals surface area (Å²) in [4.78, 5) is 12.2. The number of anilines is 1. The molecule has 1 N–H and O–H groups in total. The maximum absolute atomic E-state index is 12.2. The van der Waals surface area contributed by atoms with Crippen molar-refractivity contribution in [2.24, 2.45) is 0 Å². The number of aromatic nitrogens is 4. The largest absolute Gasteiger partial charge is 0.308 e. The van der Waals surface area contributed by atoms with E-state index in [1.165, 1.54) is 6.20 Å². The maximum Gasteiger partial charge on any atom is 0.247 e. The summed E-state index contributed by atoms with van der Waals surface area (Å²) in [7, 11) is 0. The van der Waals surface area contributed by atoms with E-state index in [-0.39, 0.29) is 12.5 Å². The van der Waals surface area contributed by atoms with Crippen LogP contribution >= 0.6 is 11.6 Å². The zero-order chi connectivity index (χ0) is 17.1. The van der Waals surface area contributed by atoms with Crippen LogP contribution in [0.1, 0.15) is 17.0 Å². The SMILES string of the molecule is Cc1cc(NC(=O)Cn2ncc(Cl)c2C)nn1Cc1ccccc1. The first kappa shape index (κ1) is 16.3. The van der Waals surface area contributed by atoms with Crippen LogP contribution in [0.5, 0.6) is 0 Å². The first-order chi connectivity index (χ1) is 11.5. The van der Waals surface area contributed by atoms with Crippen molar-refractivity contribution in [1.29, 1.82) is 0 Å². The lowest BCUT2D eigenvalue weighted by Crippen LogP contribution is -2.20. The normalized spacial score (nSPS) is 10.8. The van der Waals surface area contributed by atoms with Crippen LogP contribution in [0.25, 0.3) is 0 Å². The Hall–Kier alpha value is -2.60. The van der Waals surface area contributed by atoms with Crippen molar-refractivity contribution in [2.75, 3.05) is 5.32 Å². The number of amides is 1. The summed E-state index contributed by atoms with van der Waals surface area (Å²) in [6.45, 7) is 4.55. The van der Waals surface area contributed by atoms with Gasteiger partial charge in [-0.05, 0) is 19.4 Å². The number of rotatable bonds is 5. The molecular weight excluding hydrogens is 326 g/mol. The minimum Gasteiger partial charge on any atom is -0.308 e. The van der Waals surface area contributed by atoms with Gasteiger partial charge in [0, 0.05) is 11.8 Å². The molecular formula is C17H18ClN5O. The molecule has 2 heterocycles. The van der Waals surface area contributed by atoms with Crippen LogP contribution in [0.2, 0.25) is 5.02 Å². The van der Waals surface area contributed by atoms with Crippen LogP contribution < -0.4 is 5.32 Å². The predicted octanol–water partition coefficient (Wildman–Crippen LogP) is 3.04. The van der Waals surface area contributed by atoms with Gasteiger partial charge in [-0.25, -0.2) is 0 Å². The molecule has 124 valence electrons. The average Bonchev–Trinajstić information content (AvgIpc) is 3.05. The fraction of sp³-hybridized carbons (Fsp3) is 0.235. The van der Waals surface area contributed by atoms with Gasteiger partial charge in [-0.3, -0.25) is 14.2 Å². The zero-order valence-corrected chi connectivity index (χ0v) is 14.3. The summed E-state index contributed by atoms with van der Waals surface area (Å²) >= 11 is 5.94. The zero-order valence-electron chi connectivity index (χ0n) is 13.5. The Kier molecular flexibility index (Phi) is 4.66. The maximum atomic E-state index is 12.2. The first-order valence-corrected chi connectivity index (χ1v) is 7.97. The highest BCUT2D eigenvalue weighted by atomic mass is 35.5. The van der Waals surface area contributed by atoms with E-state index >= 15 is 0 Å². The topological polar surface area (TPSA) is 64.7 Å². The lowest BCUT2D eigenvalue weighted by Gasteiger charge is -2.05. The van der Waals surface area contributed by atoms with Crippen LogP contribution in [-0.2, 0) is 17.9 Å². The van der Waals surface area contributed by atoms with Gasteiger partial charge in [-0.2, -0.15) is 10.2 Å². The Morgan fingerprint density at radius 2 is 1.96 bits per heavy atom. The monoisotopic (exact) mass is 343 g/mol. The molecule has 24 heavy (non-hydrogen) atoms. The molecule has 0 aliphatic heterocycles. The molecule has 0 atom stereocenters. The molecule has 3 rings (SSSR count). The molecule has 6 nitrogen and oxygen atoms in total. The van der Waals surface area contributed by atoms with Crippen LogP contribution in [-0.4, -0.2) is 25.5 Å². The van der Waals surface area contributed by atoms with Gasteiger partial charge >= 0.3 is 0 Å². The number of nitrogens with zero attached hydrogens (tertiary/aromatic N) is 4. The first-order valence-electron chi connectivity index (χ1n) is 7.59. The molecule has 0 fully saturated rings. The van der Waals surface area contributed by atoms with Crippen molar-refractivity contribution >= 4 is 23.3 Å². The number of carbonyl (C=O) groups excluding carboxylic acids is 1. The second-order valence-corrected chi connectivity index (χ2v) is 6.01. The Morgan fingerprint density at radius 1 is 1.21 bits per heavy atom. The lowest BCUT2D eigenvalue weighted by molar-refractivity contribution is -0.117. The number of hydrogen-bond acceptors (Lipinski definition) is 3. The summed E-state index contributed by atoms with van der Waals surface area (Å²) in [5.41, 5.74) is 2.90. The van der Waals surface area contributed by atoms with Crippen molar-refractivity contribution < 1.29 is 4.79 Å². The summed E-state index contributed by atoms with van der Waals surface area (Å²) < 4.78 is 3.42. The summed E-state index contributed by atoms with van der Waals surface area (Å²) in [6.07, 6.45) is 1.53. The van der Waals surface area contributed by atoms with Gasteiger partial charge in [0.15, 0.2) is 5.82 Å². The number of benzene rings is 1. The molecule has 0 aliphatic carbocycles. The van der Waals surface area contributed by atoms with Gasteiger partial charge in [0.05, 0.1) is 23.5 Å². The van der Waals surface area contributed by atoms with Gasteiger partial charge in [-0.15, -0.1) is 0 Å². The summed E-state index contributed by atoms with van der Waals surface area (Å²) in [5, 5.41) is 11.9. The third-order valence-corrected chi connectivity index (χ3v) is 4.13. The predicted molar refractivity (Wildman–Crippen MR) is 93.1 cm³/mol. The molecule has 3 aromatic rings. The average molecular weight is 344 g/mol. The third kappa shape index (κ3) is 3.65. The highest BCUT2D eigenvalue weighted by Gasteiger charge is 2.11. The van der Waals surface area contributed by atoms with Gasteiger partial charge in [-0.1, -0.05) is 41.9 Å². The molecule has 0 spiro atoms. The molecule has 1 aromatic carbocycles. The minimum absolute atomic E-state index is 0.100. The van der Waals surface area contributed by atoms with E-state index in [1.54, 1.807) is 4.68 Å². The Labute approximate surface area is 145 Å². The highest BCUT2D eigenvalue weighted by Crippen LogP contribution is 2.14. The van der Waals surface area contributed by atoms with Gasteiger partial charge in [0.25, 0.3) is 0 Å². The second-order valence-electron chi connectivity index (χ2n) is 5.60. The van der Waals surface area contributed by atoms with Crippen molar-refractivity contribution in [1.82, 2.24) is 19.6 Å². The summed E-state index contributed by atoms with van der Waals surface area (Å²) in [6, 6.07) is 11.9. The molecule has 0 bridgehead atoms. The fourth-order valence-electron chi connectivity index (χ4n) is 2.39.